The summed E-state index contributed by atoms with van der Waals surface area (Å²) in [5.41, 5.74) is 0. The Morgan fingerprint density at radius 1 is 0.571 bits per heavy atom. The molecule has 6 atom stereocenters. The lowest BCUT2D eigenvalue weighted by atomic mass is 9.85. The zero-order valence-electron chi connectivity index (χ0n) is 34.9. The van der Waals surface area contributed by atoms with Gasteiger partial charge in [0.1, 0.15) is 42.7 Å². The van der Waals surface area contributed by atoms with Crippen molar-refractivity contribution in [3.8, 4) is 0 Å². The van der Waals surface area contributed by atoms with Gasteiger partial charge in [0, 0.05) is 13.0 Å². The van der Waals surface area contributed by atoms with Crippen LogP contribution in [0.2, 0.25) is 0 Å². The average Bonchev–Trinajstić information content (AvgIpc) is 3.18. The van der Waals surface area contributed by atoms with E-state index in [9.17, 15) is 39.8 Å². The zero-order valence-corrected chi connectivity index (χ0v) is 35.8. The van der Waals surface area contributed by atoms with Crippen LogP contribution in [0.15, 0.2) is 24.3 Å². The normalized spacial score (nSPS) is 23.2. The number of aliphatic hydroxyl groups is 5. The Morgan fingerprint density at radius 2 is 1.04 bits per heavy atom. The van der Waals surface area contributed by atoms with Gasteiger partial charge in [0.25, 0.3) is 0 Å². The number of phosphoric ester groups is 1. The van der Waals surface area contributed by atoms with E-state index in [0.29, 0.717) is 13.0 Å². The number of hydrogen-bond acceptors (Lipinski definition) is 11. The Balaban J connectivity index is 2.41. The van der Waals surface area contributed by atoms with Crippen LogP contribution >= 0.6 is 7.82 Å². The highest BCUT2D eigenvalue weighted by Gasteiger charge is 2.51. The Kier molecular flexibility index (Phi) is 32.7. The summed E-state index contributed by atoms with van der Waals surface area (Å²) >= 11 is 0. The molecule has 330 valence electrons. The molecule has 0 bridgehead atoms. The van der Waals surface area contributed by atoms with Crippen molar-refractivity contribution in [1.29, 1.82) is 0 Å². The molecule has 56 heavy (non-hydrogen) atoms. The Bertz CT molecular complexity index is 1030. The molecule has 6 N–H and O–H groups in total. The van der Waals surface area contributed by atoms with E-state index in [1.165, 1.54) is 83.5 Å². The van der Waals surface area contributed by atoms with Crippen molar-refractivity contribution in [2.75, 3.05) is 19.8 Å². The molecule has 6 unspecified atom stereocenters. The van der Waals surface area contributed by atoms with E-state index in [0.717, 1.165) is 70.6 Å². The van der Waals surface area contributed by atoms with Gasteiger partial charge in [0.05, 0.1) is 13.2 Å². The lowest BCUT2D eigenvalue weighted by Gasteiger charge is -2.41. The first kappa shape index (κ1) is 52.8. The van der Waals surface area contributed by atoms with Gasteiger partial charge in [-0.1, -0.05) is 160 Å². The second-order valence-corrected chi connectivity index (χ2v) is 17.0. The standard InChI is InChI=1S/C43H81O12P/c1-3-5-7-9-11-13-15-17-18-19-21-23-25-27-29-31-33-52-34-36(35-53-56(50,51)55-43-41(48)39(46)38(45)40(47)42(43)49)54-37(44)32-30-28-26-24-22-20-16-14-12-10-8-6-4-2/h8,10,14,16,36,38-43,45-49H,3-7,9,11-13,15,17-35H2,1-2H3,(H,50,51)/b10-8-,16-14-. The number of unbranched alkanes of at least 4 members (excludes halogenated alkanes) is 21. The molecule has 1 rings (SSSR count). The van der Waals surface area contributed by atoms with Crippen molar-refractivity contribution < 1.29 is 58.3 Å². The van der Waals surface area contributed by atoms with Gasteiger partial charge in [-0.25, -0.2) is 4.57 Å². The molecular formula is C43H81O12P. The van der Waals surface area contributed by atoms with E-state index in [1.54, 1.807) is 0 Å². The molecule has 0 spiro atoms. The fourth-order valence-corrected chi connectivity index (χ4v) is 7.72. The summed E-state index contributed by atoms with van der Waals surface area (Å²) in [5, 5.41) is 50.1. The third-order valence-corrected chi connectivity index (χ3v) is 11.3. The molecule has 13 heteroatoms. The number of carbonyl (C=O) groups is 1. The monoisotopic (exact) mass is 821 g/mol. The molecule has 0 amide bonds. The van der Waals surface area contributed by atoms with Crippen molar-refractivity contribution in [3.63, 3.8) is 0 Å². The van der Waals surface area contributed by atoms with E-state index in [1.807, 2.05) is 0 Å². The Morgan fingerprint density at radius 3 is 1.57 bits per heavy atom. The second kappa shape index (κ2) is 34.7. The predicted molar refractivity (Wildman–Crippen MR) is 221 cm³/mol. The first-order valence-electron chi connectivity index (χ1n) is 22.2. The smallest absolute Gasteiger partial charge is 0.457 e. The van der Waals surface area contributed by atoms with Crippen LogP contribution < -0.4 is 0 Å². The molecule has 1 saturated carbocycles. The van der Waals surface area contributed by atoms with Crippen molar-refractivity contribution >= 4 is 13.8 Å². The molecule has 0 heterocycles. The molecule has 0 saturated heterocycles. The van der Waals surface area contributed by atoms with Gasteiger partial charge in [-0.05, 0) is 38.5 Å². The number of phosphoric acid groups is 1. The van der Waals surface area contributed by atoms with Crippen LogP contribution in [0.5, 0.6) is 0 Å². The highest BCUT2D eigenvalue weighted by molar-refractivity contribution is 7.47. The minimum absolute atomic E-state index is 0.0787. The molecule has 1 aliphatic carbocycles. The number of carbonyl (C=O) groups excluding carboxylic acids is 1. The molecule has 0 aromatic rings. The summed E-state index contributed by atoms with van der Waals surface area (Å²) in [5.74, 6) is -0.490. The van der Waals surface area contributed by atoms with E-state index in [-0.39, 0.29) is 13.0 Å². The third-order valence-electron chi connectivity index (χ3n) is 10.3. The largest absolute Gasteiger partial charge is 0.472 e. The number of esters is 1. The van der Waals surface area contributed by atoms with Crippen LogP contribution in [0.4, 0.5) is 0 Å². The molecule has 0 aromatic carbocycles. The molecule has 1 aliphatic rings. The number of aliphatic hydroxyl groups excluding tert-OH is 5. The lowest BCUT2D eigenvalue weighted by Crippen LogP contribution is -2.64. The van der Waals surface area contributed by atoms with Crippen LogP contribution in [-0.4, -0.2) is 98.9 Å². The molecule has 12 nitrogen and oxygen atoms in total. The number of ether oxygens (including phenoxy) is 2. The minimum atomic E-state index is -5.01. The fraction of sp³-hybridized carbons (Fsp3) is 0.884. The third kappa shape index (κ3) is 26.7. The first-order valence-corrected chi connectivity index (χ1v) is 23.7. The SMILES string of the molecule is CCC/C=C\C/C=C\CCCCCCCC(=O)OC(COCCCCCCCCCCCCCCCCCC)COP(=O)(O)OC1C(O)C(O)C(O)C(O)C1O. The maximum Gasteiger partial charge on any atom is 0.472 e. The lowest BCUT2D eigenvalue weighted by molar-refractivity contribution is -0.220. The Hall–Kier alpha value is -1.18. The summed E-state index contributed by atoms with van der Waals surface area (Å²) in [4.78, 5) is 23.1. The maximum atomic E-state index is 12.8. The number of rotatable bonds is 37. The topological polar surface area (TPSA) is 192 Å². The molecule has 1 fully saturated rings. The van der Waals surface area contributed by atoms with Crippen molar-refractivity contribution in [3.05, 3.63) is 24.3 Å². The van der Waals surface area contributed by atoms with Gasteiger partial charge in [-0.3, -0.25) is 13.8 Å². The maximum absolute atomic E-state index is 12.8. The van der Waals surface area contributed by atoms with Gasteiger partial charge >= 0.3 is 13.8 Å². The summed E-state index contributed by atoms with van der Waals surface area (Å²) in [6, 6.07) is 0. The average molecular weight is 821 g/mol. The zero-order chi connectivity index (χ0) is 41.3. The van der Waals surface area contributed by atoms with Crippen molar-refractivity contribution in [2.45, 2.75) is 224 Å². The molecular weight excluding hydrogens is 739 g/mol. The number of allylic oxidation sites excluding steroid dienone is 4. The minimum Gasteiger partial charge on any atom is -0.457 e. The van der Waals surface area contributed by atoms with Crippen molar-refractivity contribution in [2.24, 2.45) is 0 Å². The number of hydrogen-bond donors (Lipinski definition) is 6. The van der Waals surface area contributed by atoms with Gasteiger partial charge in [-0.2, -0.15) is 0 Å². The van der Waals surface area contributed by atoms with E-state index >= 15 is 0 Å². The van der Waals surface area contributed by atoms with Gasteiger partial charge < -0.3 is 39.9 Å². The van der Waals surface area contributed by atoms with Gasteiger partial charge in [0.2, 0.25) is 0 Å². The van der Waals surface area contributed by atoms with E-state index in [2.05, 4.69) is 38.2 Å². The molecule has 0 radical (unpaired) electrons. The summed E-state index contributed by atoms with van der Waals surface area (Å²) in [6.45, 7) is 4.18. The van der Waals surface area contributed by atoms with Gasteiger partial charge in [-0.15, -0.1) is 0 Å². The van der Waals surface area contributed by atoms with Crippen LogP contribution in [0.3, 0.4) is 0 Å². The highest BCUT2D eigenvalue weighted by Crippen LogP contribution is 2.47. The Labute approximate surface area is 339 Å². The van der Waals surface area contributed by atoms with Crippen LogP contribution in [0.25, 0.3) is 0 Å². The van der Waals surface area contributed by atoms with E-state index in [4.69, 9.17) is 18.5 Å². The summed E-state index contributed by atoms with van der Waals surface area (Å²) in [6.07, 6.45) is 25.3. The fourth-order valence-electron chi connectivity index (χ4n) is 6.75. The predicted octanol–water partition coefficient (Wildman–Crippen LogP) is 8.53. The van der Waals surface area contributed by atoms with Crippen LogP contribution in [0.1, 0.15) is 181 Å². The van der Waals surface area contributed by atoms with Crippen LogP contribution in [-0.2, 0) is 27.9 Å². The second-order valence-electron chi connectivity index (χ2n) is 15.6. The molecule has 0 aliphatic heterocycles. The van der Waals surface area contributed by atoms with Gasteiger partial charge in [0.15, 0.2) is 0 Å². The highest BCUT2D eigenvalue weighted by atomic mass is 31.2. The first-order chi connectivity index (χ1) is 27.0. The van der Waals surface area contributed by atoms with E-state index < -0.39 is 63.1 Å². The molecule has 0 aromatic heterocycles. The summed E-state index contributed by atoms with van der Waals surface area (Å²) in [7, 11) is -5.01. The quantitative estimate of drug-likeness (QED) is 0.0152. The van der Waals surface area contributed by atoms with Crippen LogP contribution in [0, 0.1) is 0 Å². The summed E-state index contributed by atoms with van der Waals surface area (Å²) < 4.78 is 34.1. The van der Waals surface area contributed by atoms with Crippen molar-refractivity contribution in [1.82, 2.24) is 0 Å².